The molecule has 34 heavy (non-hydrogen) atoms. The number of nitrogens with one attached hydrogen (secondary N) is 3. The van der Waals surface area contributed by atoms with Crippen molar-refractivity contribution < 1.29 is 24.3 Å². The maximum atomic E-state index is 12.9. The van der Waals surface area contributed by atoms with Gasteiger partial charge in [-0.25, -0.2) is 4.79 Å². The van der Waals surface area contributed by atoms with Crippen LogP contribution in [0.3, 0.4) is 0 Å². The van der Waals surface area contributed by atoms with Crippen molar-refractivity contribution in [2.45, 2.75) is 77.5 Å². The SMILES string of the molecule is CCC(C)C(NC(=O)C(CS)NC(=O)C(N)CC(C)C)C(=O)NC(CCCN=C(N)N)C(=O)O. The number of guanidine groups is 1. The number of thiol groups is 1. The Morgan fingerprint density at radius 2 is 1.56 bits per heavy atom. The summed E-state index contributed by atoms with van der Waals surface area (Å²) in [6.07, 6.45) is 1.42. The van der Waals surface area contributed by atoms with Gasteiger partial charge in [-0.2, -0.15) is 12.6 Å². The third-order valence-corrected chi connectivity index (χ3v) is 5.60. The maximum Gasteiger partial charge on any atom is 0.326 e. The summed E-state index contributed by atoms with van der Waals surface area (Å²) in [6, 6.07) is -3.98. The van der Waals surface area contributed by atoms with E-state index in [1.165, 1.54) is 0 Å². The zero-order valence-corrected chi connectivity index (χ0v) is 21.3. The van der Waals surface area contributed by atoms with Gasteiger partial charge in [0.15, 0.2) is 5.96 Å². The smallest absolute Gasteiger partial charge is 0.326 e. The molecule has 0 rings (SSSR count). The van der Waals surface area contributed by atoms with Crippen LogP contribution in [0.5, 0.6) is 0 Å². The molecule has 0 saturated heterocycles. The van der Waals surface area contributed by atoms with Crippen LogP contribution in [0.2, 0.25) is 0 Å². The third kappa shape index (κ3) is 12.1. The summed E-state index contributed by atoms with van der Waals surface area (Å²) >= 11 is 4.14. The molecule has 0 heterocycles. The fraction of sp³-hybridized carbons (Fsp3) is 0.762. The van der Waals surface area contributed by atoms with Crippen LogP contribution >= 0.6 is 12.6 Å². The quantitative estimate of drug-likeness (QED) is 0.0560. The van der Waals surface area contributed by atoms with Crippen LogP contribution in [-0.2, 0) is 19.2 Å². The Bertz CT molecular complexity index is 716. The summed E-state index contributed by atoms with van der Waals surface area (Å²) in [5.41, 5.74) is 16.4. The normalized spacial score (nSPS) is 15.4. The van der Waals surface area contributed by atoms with Crippen LogP contribution < -0.4 is 33.2 Å². The molecule has 10 N–H and O–H groups in total. The molecule has 0 aliphatic carbocycles. The van der Waals surface area contributed by atoms with E-state index in [1.807, 2.05) is 20.8 Å². The highest BCUT2D eigenvalue weighted by Crippen LogP contribution is 2.10. The van der Waals surface area contributed by atoms with Gasteiger partial charge in [-0.05, 0) is 31.1 Å². The molecule has 0 spiro atoms. The maximum absolute atomic E-state index is 12.9. The highest BCUT2D eigenvalue weighted by molar-refractivity contribution is 7.80. The lowest BCUT2D eigenvalue weighted by Crippen LogP contribution is -2.59. The van der Waals surface area contributed by atoms with Gasteiger partial charge >= 0.3 is 5.97 Å². The fourth-order valence-corrected chi connectivity index (χ4v) is 3.32. The van der Waals surface area contributed by atoms with Crippen LogP contribution in [-0.4, -0.2) is 71.2 Å². The largest absolute Gasteiger partial charge is 0.480 e. The molecule has 0 aromatic rings. The summed E-state index contributed by atoms with van der Waals surface area (Å²) in [4.78, 5) is 53.5. The van der Waals surface area contributed by atoms with Crippen molar-refractivity contribution in [3.63, 3.8) is 0 Å². The van der Waals surface area contributed by atoms with Gasteiger partial charge in [0, 0.05) is 12.3 Å². The second kappa shape index (κ2) is 16.1. The van der Waals surface area contributed by atoms with Crippen molar-refractivity contribution in [3.8, 4) is 0 Å². The predicted molar refractivity (Wildman–Crippen MR) is 134 cm³/mol. The fourth-order valence-electron chi connectivity index (χ4n) is 3.07. The lowest BCUT2D eigenvalue weighted by molar-refractivity contribution is -0.142. The Hall–Kier alpha value is -2.54. The van der Waals surface area contributed by atoms with Crippen molar-refractivity contribution in [2.75, 3.05) is 12.3 Å². The van der Waals surface area contributed by atoms with Crippen LogP contribution in [0.4, 0.5) is 0 Å². The molecular formula is C21H41N7O5S. The Kier molecular flexibility index (Phi) is 14.9. The first-order valence-corrected chi connectivity index (χ1v) is 12.0. The molecule has 196 valence electrons. The molecule has 0 saturated carbocycles. The number of nitrogens with zero attached hydrogens (tertiary/aromatic N) is 1. The van der Waals surface area contributed by atoms with E-state index in [1.54, 1.807) is 6.92 Å². The standard InChI is InChI=1S/C21H41N7O5S/c1-5-12(4)16(19(31)26-14(20(32)33)7-6-8-25-21(23)24)28-18(30)15(10-34)27-17(29)13(22)9-11(2)3/h11-16,34H,5-10,22H2,1-4H3,(H,26,31)(H,27,29)(H,28,30)(H,32,33)(H4,23,24,25). The second-order valence-corrected chi connectivity index (χ2v) is 9.06. The lowest BCUT2D eigenvalue weighted by Gasteiger charge is -2.27. The minimum absolute atomic E-state index is 0.0106. The summed E-state index contributed by atoms with van der Waals surface area (Å²) in [5, 5.41) is 17.1. The predicted octanol–water partition coefficient (Wildman–Crippen LogP) is -1.07. The number of amides is 3. The molecule has 0 radical (unpaired) electrons. The van der Waals surface area contributed by atoms with Crippen molar-refractivity contribution in [1.82, 2.24) is 16.0 Å². The van der Waals surface area contributed by atoms with Gasteiger partial charge in [0.25, 0.3) is 0 Å². The Morgan fingerprint density at radius 1 is 0.971 bits per heavy atom. The number of nitrogens with two attached hydrogens (primary N) is 3. The van der Waals surface area contributed by atoms with Gasteiger partial charge in [0.05, 0.1) is 6.04 Å². The number of carboxylic acid groups (broad SMARTS) is 1. The minimum atomic E-state index is -1.22. The number of carbonyl (C=O) groups excluding carboxylic acids is 3. The molecule has 5 unspecified atom stereocenters. The average Bonchev–Trinajstić information content (AvgIpc) is 2.75. The third-order valence-electron chi connectivity index (χ3n) is 5.23. The average molecular weight is 504 g/mol. The zero-order chi connectivity index (χ0) is 26.4. The Labute approximate surface area is 206 Å². The first-order chi connectivity index (χ1) is 15.8. The number of carboxylic acids is 1. The monoisotopic (exact) mass is 503 g/mol. The molecule has 3 amide bonds. The van der Waals surface area contributed by atoms with Gasteiger partial charge in [0.2, 0.25) is 17.7 Å². The molecule has 0 fully saturated rings. The minimum Gasteiger partial charge on any atom is -0.480 e. The Balaban J connectivity index is 5.28. The number of hydrogen-bond acceptors (Lipinski definition) is 7. The van der Waals surface area contributed by atoms with E-state index in [0.717, 1.165) is 0 Å². The number of aliphatic imine (C=N–C) groups is 1. The van der Waals surface area contributed by atoms with Crippen molar-refractivity contribution in [2.24, 2.45) is 34.0 Å². The highest BCUT2D eigenvalue weighted by atomic mass is 32.1. The topological polar surface area (TPSA) is 215 Å². The highest BCUT2D eigenvalue weighted by Gasteiger charge is 2.32. The summed E-state index contributed by atoms with van der Waals surface area (Å²) < 4.78 is 0. The molecule has 13 heteroatoms. The number of aliphatic carboxylic acids is 1. The van der Waals surface area contributed by atoms with Crippen LogP contribution in [0.25, 0.3) is 0 Å². The second-order valence-electron chi connectivity index (χ2n) is 8.70. The molecule has 0 aliphatic heterocycles. The van der Waals surface area contributed by atoms with Gasteiger partial charge in [-0.3, -0.25) is 19.4 Å². The van der Waals surface area contributed by atoms with Crippen molar-refractivity contribution in [1.29, 1.82) is 0 Å². The molecule has 5 atom stereocenters. The van der Waals surface area contributed by atoms with Crippen LogP contribution in [0.15, 0.2) is 4.99 Å². The van der Waals surface area contributed by atoms with E-state index in [4.69, 9.17) is 17.2 Å². The van der Waals surface area contributed by atoms with Crippen molar-refractivity contribution >= 4 is 42.3 Å². The number of hydrogen-bond donors (Lipinski definition) is 8. The first-order valence-electron chi connectivity index (χ1n) is 11.4. The lowest BCUT2D eigenvalue weighted by atomic mass is 9.97. The summed E-state index contributed by atoms with van der Waals surface area (Å²) in [7, 11) is 0. The molecule has 0 aromatic heterocycles. The molecule has 12 nitrogen and oxygen atoms in total. The number of carbonyl (C=O) groups is 4. The summed E-state index contributed by atoms with van der Waals surface area (Å²) in [6.45, 7) is 7.67. The van der Waals surface area contributed by atoms with Crippen LogP contribution in [0.1, 0.15) is 53.4 Å². The van der Waals surface area contributed by atoms with Gasteiger partial charge < -0.3 is 38.3 Å². The Morgan fingerprint density at radius 3 is 2.03 bits per heavy atom. The molecule has 0 bridgehead atoms. The zero-order valence-electron chi connectivity index (χ0n) is 20.4. The van der Waals surface area contributed by atoms with Gasteiger partial charge in [-0.1, -0.05) is 34.1 Å². The molecule has 0 aliphatic rings. The number of rotatable bonds is 16. The van der Waals surface area contributed by atoms with E-state index in [9.17, 15) is 24.3 Å². The summed E-state index contributed by atoms with van der Waals surface area (Å²) in [5.74, 6) is -3.18. The van der Waals surface area contributed by atoms with Crippen molar-refractivity contribution in [3.05, 3.63) is 0 Å². The van der Waals surface area contributed by atoms with E-state index in [-0.39, 0.29) is 36.5 Å². The van der Waals surface area contributed by atoms with Gasteiger partial charge in [0.1, 0.15) is 18.1 Å². The van der Waals surface area contributed by atoms with E-state index in [0.29, 0.717) is 19.3 Å². The van der Waals surface area contributed by atoms with E-state index < -0.39 is 47.9 Å². The van der Waals surface area contributed by atoms with E-state index >= 15 is 0 Å². The molecular weight excluding hydrogens is 462 g/mol. The first kappa shape index (κ1) is 31.5. The van der Waals surface area contributed by atoms with Crippen LogP contribution in [0, 0.1) is 11.8 Å². The van der Waals surface area contributed by atoms with E-state index in [2.05, 4.69) is 33.6 Å². The molecule has 0 aromatic carbocycles. The van der Waals surface area contributed by atoms with Gasteiger partial charge in [-0.15, -0.1) is 0 Å².